The van der Waals surface area contributed by atoms with Crippen LogP contribution in [0.15, 0.2) is 48.5 Å². The minimum absolute atomic E-state index is 0.0284. The predicted molar refractivity (Wildman–Crippen MR) is 112 cm³/mol. The highest BCUT2D eigenvalue weighted by Crippen LogP contribution is 2.29. The van der Waals surface area contributed by atoms with Gasteiger partial charge in [-0.05, 0) is 31.2 Å². The number of non-ortho nitro benzene ring substituents is 1. The average Bonchev–Trinajstić information content (AvgIpc) is 3.15. The Labute approximate surface area is 170 Å². The Balaban J connectivity index is 1.73. The second kappa shape index (κ2) is 8.70. The molecule has 1 heterocycles. The third-order valence-electron chi connectivity index (χ3n) is 4.28. The molecule has 29 heavy (non-hydrogen) atoms. The first-order valence-corrected chi connectivity index (χ1v) is 9.64. The Morgan fingerprint density at radius 2 is 2.00 bits per heavy atom. The number of amides is 2. The lowest BCUT2D eigenvalue weighted by Gasteiger charge is -2.19. The molecule has 0 spiro atoms. The molecule has 0 saturated heterocycles. The van der Waals surface area contributed by atoms with Crippen molar-refractivity contribution in [1.82, 2.24) is 4.90 Å². The van der Waals surface area contributed by atoms with E-state index in [9.17, 15) is 19.7 Å². The second-order valence-electron chi connectivity index (χ2n) is 6.19. The molecule has 0 radical (unpaired) electrons. The third-order valence-corrected chi connectivity index (χ3v) is 5.38. The summed E-state index contributed by atoms with van der Waals surface area (Å²) in [7, 11) is 1.54. The lowest BCUT2D eigenvalue weighted by atomic mass is 10.2. The summed E-state index contributed by atoms with van der Waals surface area (Å²) in [6.07, 6.45) is 0. The minimum Gasteiger partial charge on any atom is -0.497 e. The predicted octanol–water partition coefficient (Wildman–Crippen LogP) is 3.92. The van der Waals surface area contributed by atoms with E-state index in [1.165, 1.54) is 35.5 Å². The van der Waals surface area contributed by atoms with Gasteiger partial charge in [-0.2, -0.15) is 0 Å². The Hall–Kier alpha value is -3.46. The van der Waals surface area contributed by atoms with Gasteiger partial charge in [-0.1, -0.05) is 6.07 Å². The first-order chi connectivity index (χ1) is 13.9. The van der Waals surface area contributed by atoms with Gasteiger partial charge >= 0.3 is 0 Å². The molecule has 0 aliphatic rings. The quantitative estimate of drug-likeness (QED) is 0.467. The largest absolute Gasteiger partial charge is 0.497 e. The van der Waals surface area contributed by atoms with Crippen molar-refractivity contribution in [2.24, 2.45) is 0 Å². The molecule has 0 aliphatic heterocycles. The average molecular weight is 413 g/mol. The highest BCUT2D eigenvalue weighted by atomic mass is 32.1. The number of fused-ring (bicyclic) bond motifs is 1. The third kappa shape index (κ3) is 4.69. The summed E-state index contributed by atoms with van der Waals surface area (Å²) < 4.78 is 5.90. The molecule has 2 amide bonds. The number of likely N-dealkylation sites (N-methyl/N-ethyl adjacent to an activating group) is 1. The number of nitro groups is 1. The van der Waals surface area contributed by atoms with Crippen molar-refractivity contribution < 1.29 is 19.2 Å². The van der Waals surface area contributed by atoms with Crippen LogP contribution in [-0.2, 0) is 4.79 Å². The number of thiophene rings is 1. The number of hydrogen-bond acceptors (Lipinski definition) is 6. The van der Waals surface area contributed by atoms with Gasteiger partial charge in [-0.3, -0.25) is 19.7 Å². The van der Waals surface area contributed by atoms with Gasteiger partial charge < -0.3 is 15.0 Å². The van der Waals surface area contributed by atoms with Gasteiger partial charge in [0.15, 0.2) is 0 Å². The van der Waals surface area contributed by atoms with E-state index < -0.39 is 4.92 Å². The Kier molecular flexibility index (Phi) is 6.08. The molecule has 3 aromatic rings. The summed E-state index contributed by atoms with van der Waals surface area (Å²) in [5, 5.41) is 14.3. The minimum atomic E-state index is -0.472. The van der Waals surface area contributed by atoms with Gasteiger partial charge in [-0.25, -0.2) is 0 Å². The number of anilines is 1. The van der Waals surface area contributed by atoms with Gasteiger partial charge in [0.2, 0.25) is 5.91 Å². The number of benzene rings is 2. The molecule has 1 aromatic heterocycles. The number of hydrogen-bond donors (Lipinski definition) is 1. The molecule has 0 bridgehead atoms. The maximum Gasteiger partial charge on any atom is 0.270 e. The lowest BCUT2D eigenvalue weighted by Crippen LogP contribution is -2.37. The molecule has 150 valence electrons. The van der Waals surface area contributed by atoms with Crippen LogP contribution >= 0.6 is 11.3 Å². The normalized spacial score (nSPS) is 10.6. The monoisotopic (exact) mass is 413 g/mol. The van der Waals surface area contributed by atoms with Crippen LogP contribution in [0.2, 0.25) is 0 Å². The van der Waals surface area contributed by atoms with E-state index in [1.807, 2.05) is 0 Å². The number of nitrogens with one attached hydrogen (secondary N) is 1. The van der Waals surface area contributed by atoms with Crippen LogP contribution in [0, 0.1) is 10.1 Å². The zero-order chi connectivity index (χ0) is 21.0. The number of ether oxygens (including phenoxy) is 1. The van der Waals surface area contributed by atoms with Crippen LogP contribution in [0.4, 0.5) is 11.4 Å². The Morgan fingerprint density at radius 3 is 2.69 bits per heavy atom. The van der Waals surface area contributed by atoms with Crippen LogP contribution in [-0.4, -0.2) is 41.8 Å². The van der Waals surface area contributed by atoms with Crippen molar-refractivity contribution in [2.75, 3.05) is 25.5 Å². The molecule has 0 unspecified atom stereocenters. The molecule has 8 nitrogen and oxygen atoms in total. The maximum atomic E-state index is 12.9. The molecule has 0 atom stereocenters. The number of nitro benzene ring substituents is 1. The second-order valence-corrected chi connectivity index (χ2v) is 7.27. The van der Waals surface area contributed by atoms with Gasteiger partial charge in [0, 0.05) is 40.5 Å². The molecule has 2 aromatic carbocycles. The summed E-state index contributed by atoms with van der Waals surface area (Å²) in [5.74, 6) is -0.00654. The van der Waals surface area contributed by atoms with E-state index in [-0.39, 0.29) is 24.0 Å². The maximum absolute atomic E-state index is 12.9. The van der Waals surface area contributed by atoms with Crippen LogP contribution in [0.25, 0.3) is 10.1 Å². The number of nitrogens with zero attached hydrogens (tertiary/aromatic N) is 2. The zero-order valence-electron chi connectivity index (χ0n) is 15.9. The summed E-state index contributed by atoms with van der Waals surface area (Å²) in [4.78, 5) is 37.6. The molecule has 1 N–H and O–H groups in total. The van der Waals surface area contributed by atoms with Gasteiger partial charge in [0.05, 0.1) is 16.9 Å². The summed E-state index contributed by atoms with van der Waals surface area (Å²) in [5.41, 5.74) is 0.548. The van der Waals surface area contributed by atoms with Crippen LogP contribution < -0.4 is 10.1 Å². The topological polar surface area (TPSA) is 102 Å². The van der Waals surface area contributed by atoms with E-state index >= 15 is 0 Å². The fraction of sp³-hybridized carbons (Fsp3) is 0.200. The fourth-order valence-corrected chi connectivity index (χ4v) is 3.82. The zero-order valence-corrected chi connectivity index (χ0v) is 16.7. The molecule has 3 rings (SSSR count). The van der Waals surface area contributed by atoms with E-state index in [2.05, 4.69) is 5.32 Å². The first kappa shape index (κ1) is 20.3. The van der Waals surface area contributed by atoms with Crippen LogP contribution in [0.1, 0.15) is 16.6 Å². The molecular weight excluding hydrogens is 394 g/mol. The van der Waals surface area contributed by atoms with Crippen molar-refractivity contribution in [3.63, 3.8) is 0 Å². The Bertz CT molecular complexity index is 1080. The summed E-state index contributed by atoms with van der Waals surface area (Å²) in [6.45, 7) is 2.02. The summed E-state index contributed by atoms with van der Waals surface area (Å²) in [6, 6.07) is 13.0. The van der Waals surface area contributed by atoms with E-state index in [1.54, 1.807) is 43.3 Å². The van der Waals surface area contributed by atoms with Crippen LogP contribution in [0.3, 0.4) is 0 Å². The molecule has 9 heteroatoms. The molecule has 0 fully saturated rings. The SMILES string of the molecule is CCN(CC(=O)Nc1cccc(OC)c1)C(=O)c1cc2cc([N+](=O)[O-])ccc2s1. The van der Waals surface area contributed by atoms with Crippen LogP contribution in [0.5, 0.6) is 5.75 Å². The van der Waals surface area contributed by atoms with E-state index in [0.29, 0.717) is 28.2 Å². The number of carbonyl (C=O) groups is 2. The van der Waals surface area contributed by atoms with E-state index in [4.69, 9.17) is 4.74 Å². The standard InChI is InChI=1S/C20H19N3O5S/c1-3-22(12-19(24)21-14-5-4-6-16(11-14)28-2)20(25)18-10-13-9-15(23(26)27)7-8-17(13)29-18/h4-11H,3,12H2,1-2H3,(H,21,24). The first-order valence-electron chi connectivity index (χ1n) is 8.82. The molecule has 0 saturated carbocycles. The van der Waals surface area contributed by atoms with Gasteiger partial charge in [-0.15, -0.1) is 11.3 Å². The highest BCUT2D eigenvalue weighted by molar-refractivity contribution is 7.20. The highest BCUT2D eigenvalue weighted by Gasteiger charge is 2.20. The smallest absolute Gasteiger partial charge is 0.270 e. The van der Waals surface area contributed by atoms with E-state index in [0.717, 1.165) is 4.70 Å². The van der Waals surface area contributed by atoms with Crippen molar-refractivity contribution in [3.05, 3.63) is 63.5 Å². The summed E-state index contributed by atoms with van der Waals surface area (Å²) >= 11 is 1.24. The van der Waals surface area contributed by atoms with Crippen molar-refractivity contribution in [1.29, 1.82) is 0 Å². The lowest BCUT2D eigenvalue weighted by molar-refractivity contribution is -0.384. The van der Waals surface area contributed by atoms with Crippen molar-refractivity contribution in [2.45, 2.75) is 6.92 Å². The molecular formula is C20H19N3O5S. The molecule has 0 aliphatic carbocycles. The number of carbonyl (C=O) groups excluding carboxylic acids is 2. The van der Waals surface area contributed by atoms with Crippen molar-refractivity contribution in [3.8, 4) is 5.75 Å². The number of rotatable bonds is 7. The number of methoxy groups -OCH3 is 1. The van der Waals surface area contributed by atoms with Crippen molar-refractivity contribution >= 4 is 44.6 Å². The van der Waals surface area contributed by atoms with Gasteiger partial charge in [0.25, 0.3) is 11.6 Å². The van der Waals surface area contributed by atoms with Gasteiger partial charge in [0.1, 0.15) is 12.3 Å². The fourth-order valence-electron chi connectivity index (χ4n) is 2.81. The Morgan fingerprint density at radius 1 is 1.21 bits per heavy atom.